The molecule has 1 N–H and O–H groups in total. The predicted octanol–water partition coefficient (Wildman–Crippen LogP) is 3.99. The fourth-order valence-corrected chi connectivity index (χ4v) is 3.02. The highest BCUT2D eigenvalue weighted by Gasteiger charge is 2.29. The summed E-state index contributed by atoms with van der Waals surface area (Å²) in [5.41, 5.74) is 0. The molecule has 130 valence electrons. The molecule has 4 heteroatoms. The number of cyclic esters (lactones) is 1. The van der Waals surface area contributed by atoms with E-state index >= 15 is 0 Å². The molecular formula is C18H34O4. The van der Waals surface area contributed by atoms with E-state index in [0.717, 1.165) is 19.4 Å². The molecule has 1 fully saturated rings. The van der Waals surface area contributed by atoms with Gasteiger partial charge in [0.2, 0.25) is 0 Å². The Bertz CT molecular complexity index is 280. The van der Waals surface area contributed by atoms with Crippen molar-refractivity contribution in [2.75, 3.05) is 13.7 Å². The molecule has 0 aromatic heterocycles. The highest BCUT2D eigenvalue weighted by atomic mass is 16.6. The molecule has 2 atom stereocenters. The fourth-order valence-electron chi connectivity index (χ4n) is 3.02. The Hall–Kier alpha value is -0.610. The zero-order chi connectivity index (χ0) is 16.0. The number of carbonyl (C=O) groups excluding carboxylic acids is 1. The standard InChI is InChI=1S/C18H34O4/c1-21-15-11-9-7-5-3-2-4-6-8-10-12-16(19)17-13-14-18(20)22-17/h16-17,19H,2-15H2,1H3/t16-,17-/m1/s1. The molecule has 0 amide bonds. The zero-order valence-electron chi connectivity index (χ0n) is 14.2. The average molecular weight is 314 g/mol. The second-order valence-electron chi connectivity index (χ2n) is 6.45. The Morgan fingerprint density at radius 3 is 2.09 bits per heavy atom. The topological polar surface area (TPSA) is 55.8 Å². The van der Waals surface area contributed by atoms with Crippen molar-refractivity contribution in [3.63, 3.8) is 0 Å². The van der Waals surface area contributed by atoms with Gasteiger partial charge in [0.15, 0.2) is 0 Å². The monoisotopic (exact) mass is 314 g/mol. The third kappa shape index (κ3) is 9.42. The maximum absolute atomic E-state index is 11.0. The van der Waals surface area contributed by atoms with Crippen LogP contribution in [-0.4, -0.2) is 37.0 Å². The van der Waals surface area contributed by atoms with E-state index in [4.69, 9.17) is 9.47 Å². The molecule has 22 heavy (non-hydrogen) atoms. The number of aliphatic hydroxyl groups excluding tert-OH is 1. The molecule has 0 bridgehead atoms. The van der Waals surface area contributed by atoms with Crippen molar-refractivity contribution in [2.24, 2.45) is 0 Å². The Morgan fingerprint density at radius 2 is 1.59 bits per heavy atom. The average Bonchev–Trinajstić information content (AvgIpc) is 2.95. The Kier molecular flexibility index (Phi) is 11.4. The lowest BCUT2D eigenvalue weighted by molar-refractivity contribution is -0.145. The van der Waals surface area contributed by atoms with Crippen LogP contribution in [0.2, 0.25) is 0 Å². The summed E-state index contributed by atoms with van der Waals surface area (Å²) in [4.78, 5) is 11.0. The highest BCUT2D eigenvalue weighted by Crippen LogP contribution is 2.20. The van der Waals surface area contributed by atoms with E-state index in [0.29, 0.717) is 12.8 Å². The summed E-state index contributed by atoms with van der Waals surface area (Å²) in [6, 6.07) is 0. The lowest BCUT2D eigenvalue weighted by Crippen LogP contribution is -2.25. The van der Waals surface area contributed by atoms with Crippen LogP contribution in [0, 0.1) is 0 Å². The van der Waals surface area contributed by atoms with Crippen molar-refractivity contribution in [1.82, 2.24) is 0 Å². The zero-order valence-corrected chi connectivity index (χ0v) is 14.2. The first-order valence-electron chi connectivity index (χ1n) is 9.10. The van der Waals surface area contributed by atoms with E-state index in [9.17, 15) is 9.90 Å². The van der Waals surface area contributed by atoms with Gasteiger partial charge < -0.3 is 14.6 Å². The maximum atomic E-state index is 11.0. The Labute approximate surface area is 135 Å². The van der Waals surface area contributed by atoms with E-state index in [2.05, 4.69) is 0 Å². The van der Waals surface area contributed by atoms with Crippen LogP contribution >= 0.6 is 0 Å². The van der Waals surface area contributed by atoms with Gasteiger partial charge in [0.1, 0.15) is 6.10 Å². The quantitative estimate of drug-likeness (QED) is 0.389. The summed E-state index contributed by atoms with van der Waals surface area (Å²) in [5.74, 6) is -0.161. The third-order valence-electron chi connectivity index (χ3n) is 4.44. The number of hydrogen-bond donors (Lipinski definition) is 1. The predicted molar refractivity (Wildman–Crippen MR) is 87.8 cm³/mol. The first kappa shape index (κ1) is 19.4. The normalized spacial score (nSPS) is 19.4. The summed E-state index contributed by atoms with van der Waals surface area (Å²) in [5, 5.41) is 9.94. The number of rotatable bonds is 14. The van der Waals surface area contributed by atoms with Crippen molar-refractivity contribution in [2.45, 2.75) is 95.7 Å². The summed E-state index contributed by atoms with van der Waals surface area (Å²) in [7, 11) is 1.76. The first-order chi connectivity index (χ1) is 10.7. The molecule has 0 spiro atoms. The van der Waals surface area contributed by atoms with Crippen LogP contribution in [0.1, 0.15) is 83.5 Å². The molecule has 1 aliphatic heterocycles. The van der Waals surface area contributed by atoms with Crippen molar-refractivity contribution >= 4 is 5.97 Å². The molecule has 1 saturated heterocycles. The van der Waals surface area contributed by atoms with Crippen LogP contribution in [0.5, 0.6) is 0 Å². The van der Waals surface area contributed by atoms with Crippen LogP contribution in [0.15, 0.2) is 0 Å². The second-order valence-corrected chi connectivity index (χ2v) is 6.45. The Balaban J connectivity index is 1.79. The van der Waals surface area contributed by atoms with E-state index in [-0.39, 0.29) is 12.1 Å². The van der Waals surface area contributed by atoms with Gasteiger partial charge in [0, 0.05) is 20.1 Å². The summed E-state index contributed by atoms with van der Waals surface area (Å²) >= 11 is 0. The number of unbranched alkanes of at least 4 members (excludes halogenated alkanes) is 9. The largest absolute Gasteiger partial charge is 0.460 e. The highest BCUT2D eigenvalue weighted by molar-refractivity contribution is 5.71. The van der Waals surface area contributed by atoms with Crippen LogP contribution in [0.25, 0.3) is 0 Å². The smallest absolute Gasteiger partial charge is 0.306 e. The first-order valence-corrected chi connectivity index (χ1v) is 9.10. The van der Waals surface area contributed by atoms with Gasteiger partial charge in [-0.25, -0.2) is 0 Å². The van der Waals surface area contributed by atoms with E-state index in [1.54, 1.807) is 7.11 Å². The van der Waals surface area contributed by atoms with Crippen LogP contribution in [-0.2, 0) is 14.3 Å². The van der Waals surface area contributed by atoms with Crippen LogP contribution in [0.3, 0.4) is 0 Å². The molecular weight excluding hydrogens is 280 g/mol. The van der Waals surface area contributed by atoms with Gasteiger partial charge in [-0.05, 0) is 19.3 Å². The SMILES string of the molecule is COCCCCCCCCCCCC[C@@H](O)[C@H]1CCC(=O)O1. The van der Waals surface area contributed by atoms with Gasteiger partial charge in [-0.1, -0.05) is 57.8 Å². The number of hydrogen-bond acceptors (Lipinski definition) is 4. The van der Waals surface area contributed by atoms with Crippen molar-refractivity contribution < 1.29 is 19.4 Å². The van der Waals surface area contributed by atoms with Crippen LogP contribution in [0.4, 0.5) is 0 Å². The molecule has 0 aromatic rings. The molecule has 0 aromatic carbocycles. The maximum Gasteiger partial charge on any atom is 0.306 e. The molecule has 1 aliphatic rings. The molecule has 0 unspecified atom stereocenters. The lowest BCUT2D eigenvalue weighted by atomic mass is 10.0. The van der Waals surface area contributed by atoms with Gasteiger partial charge >= 0.3 is 5.97 Å². The minimum atomic E-state index is -0.460. The van der Waals surface area contributed by atoms with Gasteiger partial charge in [-0.3, -0.25) is 4.79 Å². The molecule has 0 saturated carbocycles. The molecule has 1 rings (SSSR count). The number of methoxy groups -OCH3 is 1. The molecule has 0 radical (unpaired) electrons. The number of carbonyl (C=O) groups is 1. The lowest BCUT2D eigenvalue weighted by Gasteiger charge is -2.16. The third-order valence-corrected chi connectivity index (χ3v) is 4.44. The molecule has 1 heterocycles. The van der Waals surface area contributed by atoms with E-state index in [1.807, 2.05) is 0 Å². The summed E-state index contributed by atoms with van der Waals surface area (Å²) < 4.78 is 10.1. The molecule has 4 nitrogen and oxygen atoms in total. The van der Waals surface area contributed by atoms with E-state index in [1.165, 1.54) is 57.8 Å². The minimum Gasteiger partial charge on any atom is -0.460 e. The molecule has 0 aliphatic carbocycles. The fraction of sp³-hybridized carbons (Fsp3) is 0.944. The van der Waals surface area contributed by atoms with Crippen molar-refractivity contribution in [3.8, 4) is 0 Å². The Morgan fingerprint density at radius 1 is 1.05 bits per heavy atom. The van der Waals surface area contributed by atoms with Crippen LogP contribution < -0.4 is 0 Å². The van der Waals surface area contributed by atoms with E-state index < -0.39 is 6.10 Å². The number of esters is 1. The summed E-state index contributed by atoms with van der Waals surface area (Å²) in [6.45, 7) is 0.895. The number of ether oxygens (including phenoxy) is 2. The van der Waals surface area contributed by atoms with Gasteiger partial charge in [-0.2, -0.15) is 0 Å². The number of aliphatic hydroxyl groups is 1. The van der Waals surface area contributed by atoms with Gasteiger partial charge in [-0.15, -0.1) is 0 Å². The minimum absolute atomic E-state index is 0.161. The van der Waals surface area contributed by atoms with Gasteiger partial charge in [0.05, 0.1) is 6.10 Å². The summed E-state index contributed by atoms with van der Waals surface area (Å²) in [6.07, 6.45) is 13.8. The van der Waals surface area contributed by atoms with Gasteiger partial charge in [0.25, 0.3) is 0 Å². The van der Waals surface area contributed by atoms with Crippen molar-refractivity contribution in [1.29, 1.82) is 0 Å². The van der Waals surface area contributed by atoms with Crippen molar-refractivity contribution in [3.05, 3.63) is 0 Å². The second kappa shape index (κ2) is 12.9.